The van der Waals surface area contributed by atoms with E-state index in [9.17, 15) is 0 Å². The van der Waals surface area contributed by atoms with E-state index in [1.807, 2.05) is 6.07 Å². The summed E-state index contributed by atoms with van der Waals surface area (Å²) in [5.41, 5.74) is 8.04. The van der Waals surface area contributed by atoms with Crippen molar-refractivity contribution in [1.82, 2.24) is 14.6 Å². The third-order valence-corrected chi connectivity index (χ3v) is 6.38. The topological polar surface area (TPSA) is 51.5 Å². The SMILES string of the molecule is CCC(CC)CNc1c2c(nc3c(-c4ccc(OC)cc4C)c(C)nn13)CCC2. The second-order valence-electron chi connectivity index (χ2n) is 8.18. The highest BCUT2D eigenvalue weighted by molar-refractivity contribution is 5.83. The number of benzene rings is 1. The lowest BCUT2D eigenvalue weighted by Crippen LogP contribution is -2.17. The fourth-order valence-electron chi connectivity index (χ4n) is 4.50. The summed E-state index contributed by atoms with van der Waals surface area (Å²) in [6.07, 6.45) is 5.68. The third kappa shape index (κ3) is 3.47. The molecule has 1 aliphatic carbocycles. The van der Waals surface area contributed by atoms with Crippen LogP contribution in [0.2, 0.25) is 0 Å². The molecule has 0 bridgehead atoms. The average Bonchev–Trinajstić information content (AvgIpc) is 3.31. The molecule has 1 aliphatic rings. The monoisotopic (exact) mass is 392 g/mol. The molecular weight excluding hydrogens is 360 g/mol. The Kier molecular flexibility index (Phi) is 5.48. The maximum absolute atomic E-state index is 5.39. The predicted molar refractivity (Wildman–Crippen MR) is 119 cm³/mol. The van der Waals surface area contributed by atoms with Crippen LogP contribution in [0.1, 0.15) is 55.6 Å². The second kappa shape index (κ2) is 8.05. The minimum absolute atomic E-state index is 0.676. The fraction of sp³-hybridized carbons (Fsp3) is 0.500. The van der Waals surface area contributed by atoms with Crippen molar-refractivity contribution in [3.63, 3.8) is 0 Å². The molecule has 0 amide bonds. The molecule has 0 radical (unpaired) electrons. The first kappa shape index (κ1) is 19.7. The summed E-state index contributed by atoms with van der Waals surface area (Å²) >= 11 is 0. The lowest BCUT2D eigenvalue weighted by atomic mass is 10.0. The first-order valence-electron chi connectivity index (χ1n) is 10.9. The number of nitrogens with zero attached hydrogens (tertiary/aromatic N) is 3. The molecule has 0 atom stereocenters. The average molecular weight is 393 g/mol. The maximum atomic E-state index is 5.39. The van der Waals surface area contributed by atoms with Crippen molar-refractivity contribution in [2.45, 2.75) is 59.8 Å². The highest BCUT2D eigenvalue weighted by Crippen LogP contribution is 2.36. The Bertz CT molecular complexity index is 1030. The summed E-state index contributed by atoms with van der Waals surface area (Å²) < 4.78 is 7.45. The smallest absolute Gasteiger partial charge is 0.165 e. The first-order chi connectivity index (χ1) is 14.1. The number of ether oxygens (including phenoxy) is 1. The molecule has 4 rings (SSSR count). The number of hydrogen-bond donors (Lipinski definition) is 1. The van der Waals surface area contributed by atoms with E-state index in [1.54, 1.807) is 7.11 Å². The first-order valence-corrected chi connectivity index (χ1v) is 10.9. The summed E-state index contributed by atoms with van der Waals surface area (Å²) in [5.74, 6) is 2.70. The minimum Gasteiger partial charge on any atom is -0.497 e. The van der Waals surface area contributed by atoms with Gasteiger partial charge in [0.1, 0.15) is 11.6 Å². The zero-order valence-corrected chi connectivity index (χ0v) is 18.3. The van der Waals surface area contributed by atoms with E-state index in [4.69, 9.17) is 14.8 Å². The molecule has 0 saturated carbocycles. The van der Waals surface area contributed by atoms with Crippen LogP contribution in [-0.2, 0) is 12.8 Å². The Balaban J connectivity index is 1.86. The molecule has 5 nitrogen and oxygen atoms in total. The molecule has 0 unspecified atom stereocenters. The summed E-state index contributed by atoms with van der Waals surface area (Å²) in [5, 5.41) is 8.70. The number of fused-ring (bicyclic) bond motifs is 2. The van der Waals surface area contributed by atoms with E-state index in [2.05, 4.69) is 49.7 Å². The van der Waals surface area contributed by atoms with Crippen LogP contribution in [0.25, 0.3) is 16.8 Å². The van der Waals surface area contributed by atoms with Gasteiger partial charge in [0.05, 0.1) is 12.8 Å². The van der Waals surface area contributed by atoms with Gasteiger partial charge in [-0.05, 0) is 62.3 Å². The number of aromatic nitrogens is 3. The molecule has 29 heavy (non-hydrogen) atoms. The standard InChI is InChI=1S/C24H32N4O/c1-6-17(7-2)14-25-23-20-9-8-10-21(20)26-24-22(16(4)27-28(23)24)19-12-11-18(29-5)13-15(19)3/h11-13,17,25H,6-10,14H2,1-5H3. The van der Waals surface area contributed by atoms with Gasteiger partial charge in [-0.25, -0.2) is 4.98 Å². The lowest BCUT2D eigenvalue weighted by molar-refractivity contribution is 0.414. The number of rotatable bonds is 7. The molecular formula is C24H32N4O. The molecule has 1 aromatic carbocycles. The van der Waals surface area contributed by atoms with Gasteiger partial charge in [-0.1, -0.05) is 32.8 Å². The highest BCUT2D eigenvalue weighted by Gasteiger charge is 2.25. The Morgan fingerprint density at radius 3 is 2.66 bits per heavy atom. The summed E-state index contributed by atoms with van der Waals surface area (Å²) in [6.45, 7) is 9.73. The van der Waals surface area contributed by atoms with Crippen molar-refractivity contribution in [1.29, 1.82) is 0 Å². The van der Waals surface area contributed by atoms with Crippen molar-refractivity contribution in [3.8, 4) is 16.9 Å². The van der Waals surface area contributed by atoms with Gasteiger partial charge < -0.3 is 10.1 Å². The molecule has 2 heterocycles. The number of nitrogens with one attached hydrogen (secondary N) is 1. The van der Waals surface area contributed by atoms with E-state index in [0.717, 1.165) is 47.9 Å². The van der Waals surface area contributed by atoms with Crippen LogP contribution in [0.15, 0.2) is 18.2 Å². The van der Waals surface area contributed by atoms with Crippen LogP contribution in [-0.4, -0.2) is 28.3 Å². The number of aryl methyl sites for hydroxylation is 3. The van der Waals surface area contributed by atoms with Gasteiger partial charge in [0.2, 0.25) is 0 Å². The Labute approximate surface area is 173 Å². The van der Waals surface area contributed by atoms with Gasteiger partial charge in [-0.2, -0.15) is 9.61 Å². The van der Waals surface area contributed by atoms with Crippen molar-refractivity contribution in [2.75, 3.05) is 19.0 Å². The van der Waals surface area contributed by atoms with E-state index in [-0.39, 0.29) is 0 Å². The van der Waals surface area contributed by atoms with Crippen molar-refractivity contribution in [2.24, 2.45) is 5.92 Å². The van der Waals surface area contributed by atoms with Crippen molar-refractivity contribution in [3.05, 3.63) is 40.7 Å². The maximum Gasteiger partial charge on any atom is 0.165 e. The van der Waals surface area contributed by atoms with E-state index < -0.39 is 0 Å². The Morgan fingerprint density at radius 2 is 1.97 bits per heavy atom. The predicted octanol–water partition coefficient (Wildman–Crippen LogP) is 5.36. The molecule has 2 aromatic heterocycles. The quantitative estimate of drug-likeness (QED) is 0.588. The van der Waals surface area contributed by atoms with Gasteiger partial charge in [-0.3, -0.25) is 0 Å². The van der Waals surface area contributed by atoms with E-state index >= 15 is 0 Å². The Hall–Kier alpha value is -2.56. The fourth-order valence-corrected chi connectivity index (χ4v) is 4.50. The molecule has 154 valence electrons. The number of hydrogen-bond acceptors (Lipinski definition) is 4. The van der Waals surface area contributed by atoms with Crippen LogP contribution in [0.4, 0.5) is 5.82 Å². The molecule has 0 saturated heterocycles. The van der Waals surface area contributed by atoms with Crippen LogP contribution in [0.3, 0.4) is 0 Å². The zero-order chi connectivity index (χ0) is 20.5. The van der Waals surface area contributed by atoms with Gasteiger partial charge in [0.25, 0.3) is 0 Å². The van der Waals surface area contributed by atoms with Gasteiger partial charge in [0, 0.05) is 23.4 Å². The van der Waals surface area contributed by atoms with Crippen LogP contribution in [0, 0.1) is 19.8 Å². The van der Waals surface area contributed by atoms with Crippen molar-refractivity contribution >= 4 is 11.5 Å². The van der Waals surface area contributed by atoms with E-state index in [0.29, 0.717) is 5.92 Å². The largest absolute Gasteiger partial charge is 0.497 e. The number of anilines is 1. The van der Waals surface area contributed by atoms with Gasteiger partial charge >= 0.3 is 0 Å². The zero-order valence-electron chi connectivity index (χ0n) is 18.3. The Morgan fingerprint density at radius 1 is 1.17 bits per heavy atom. The molecule has 3 aromatic rings. The summed E-state index contributed by atoms with van der Waals surface area (Å²) in [7, 11) is 1.71. The van der Waals surface area contributed by atoms with Crippen LogP contribution >= 0.6 is 0 Å². The summed E-state index contributed by atoms with van der Waals surface area (Å²) in [6, 6.07) is 6.23. The normalized spacial score (nSPS) is 13.3. The second-order valence-corrected chi connectivity index (χ2v) is 8.18. The van der Waals surface area contributed by atoms with E-state index in [1.165, 1.54) is 41.6 Å². The highest BCUT2D eigenvalue weighted by atomic mass is 16.5. The van der Waals surface area contributed by atoms with Crippen LogP contribution < -0.4 is 10.1 Å². The van der Waals surface area contributed by atoms with Gasteiger partial charge in [0.15, 0.2) is 5.65 Å². The number of methoxy groups -OCH3 is 1. The lowest BCUT2D eigenvalue weighted by Gasteiger charge is -2.17. The molecule has 5 heteroatoms. The third-order valence-electron chi connectivity index (χ3n) is 6.38. The molecule has 1 N–H and O–H groups in total. The molecule has 0 fully saturated rings. The molecule has 0 aliphatic heterocycles. The van der Waals surface area contributed by atoms with Crippen LogP contribution in [0.5, 0.6) is 5.75 Å². The van der Waals surface area contributed by atoms with Gasteiger partial charge in [-0.15, -0.1) is 0 Å². The van der Waals surface area contributed by atoms with Crippen molar-refractivity contribution < 1.29 is 4.74 Å². The minimum atomic E-state index is 0.676. The molecule has 0 spiro atoms. The summed E-state index contributed by atoms with van der Waals surface area (Å²) in [4.78, 5) is 5.09.